The average molecular weight is 340 g/mol. The van der Waals surface area contributed by atoms with Crippen molar-refractivity contribution in [3.05, 3.63) is 42.6 Å². The molecule has 1 aromatic carbocycles. The Morgan fingerprint density at radius 2 is 2.00 bits per heavy atom. The minimum absolute atomic E-state index is 0.119. The highest BCUT2D eigenvalue weighted by molar-refractivity contribution is 5.85. The third-order valence-corrected chi connectivity index (χ3v) is 5.41. The highest BCUT2D eigenvalue weighted by Crippen LogP contribution is 2.34. The molecule has 0 radical (unpaired) electrons. The molecule has 2 fully saturated rings. The molecule has 0 bridgehead atoms. The molecule has 25 heavy (non-hydrogen) atoms. The lowest BCUT2D eigenvalue weighted by Crippen LogP contribution is -2.35. The Bertz CT molecular complexity index is 740. The van der Waals surface area contributed by atoms with Gasteiger partial charge in [-0.2, -0.15) is 0 Å². The first-order valence-electron chi connectivity index (χ1n) is 9.49. The number of aromatic nitrogens is 1. The Kier molecular flexibility index (Phi) is 4.82. The fraction of sp³-hybridized carbons (Fsp3) is 0.524. The molecule has 1 aromatic heterocycles. The number of aliphatic hydroxyl groups is 1. The van der Waals surface area contributed by atoms with Gasteiger partial charge in [0.25, 0.3) is 0 Å². The minimum Gasteiger partial charge on any atom is -0.490 e. The van der Waals surface area contributed by atoms with Gasteiger partial charge in [-0.1, -0.05) is 12.7 Å². The van der Waals surface area contributed by atoms with Crippen LogP contribution in [0.5, 0.6) is 5.75 Å². The van der Waals surface area contributed by atoms with Gasteiger partial charge in [0.05, 0.1) is 6.10 Å². The van der Waals surface area contributed by atoms with Gasteiger partial charge in [0.1, 0.15) is 12.4 Å². The first kappa shape index (κ1) is 16.7. The van der Waals surface area contributed by atoms with Crippen molar-refractivity contribution in [2.45, 2.75) is 44.9 Å². The van der Waals surface area contributed by atoms with Gasteiger partial charge in [0.2, 0.25) is 0 Å². The Morgan fingerprint density at radius 3 is 2.72 bits per heavy atom. The van der Waals surface area contributed by atoms with Crippen molar-refractivity contribution < 1.29 is 9.84 Å². The van der Waals surface area contributed by atoms with Gasteiger partial charge in [0.15, 0.2) is 0 Å². The largest absolute Gasteiger partial charge is 0.490 e. The van der Waals surface area contributed by atoms with E-state index >= 15 is 0 Å². The number of aliphatic hydroxyl groups excluding tert-OH is 1. The fourth-order valence-electron chi connectivity index (χ4n) is 3.77. The first-order valence-corrected chi connectivity index (χ1v) is 9.49. The monoisotopic (exact) mass is 340 g/mol. The summed E-state index contributed by atoms with van der Waals surface area (Å²) < 4.78 is 8.18. The van der Waals surface area contributed by atoms with E-state index in [9.17, 15) is 5.11 Å². The molecule has 1 N–H and O–H groups in total. The summed E-state index contributed by atoms with van der Waals surface area (Å²) in [5, 5.41) is 11.0. The van der Waals surface area contributed by atoms with Crippen LogP contribution in [-0.2, 0) is 13.1 Å². The van der Waals surface area contributed by atoms with Gasteiger partial charge in [-0.05, 0) is 55.4 Å². The fourth-order valence-corrected chi connectivity index (χ4v) is 3.77. The lowest BCUT2D eigenvalue weighted by atomic mass is 10.1. The molecule has 4 nitrogen and oxygen atoms in total. The summed E-state index contributed by atoms with van der Waals surface area (Å²) in [6.45, 7) is 8.29. The van der Waals surface area contributed by atoms with Crippen LogP contribution in [0.25, 0.3) is 10.9 Å². The van der Waals surface area contributed by atoms with Gasteiger partial charge in [-0.3, -0.25) is 4.90 Å². The molecule has 0 atom stereocenters. The van der Waals surface area contributed by atoms with Crippen LogP contribution in [0.15, 0.2) is 37.1 Å². The smallest absolute Gasteiger partial charge is 0.120 e. The summed E-state index contributed by atoms with van der Waals surface area (Å²) in [6.07, 6.45) is 8.49. The van der Waals surface area contributed by atoms with E-state index in [1.165, 1.54) is 29.3 Å². The Balaban J connectivity index is 1.61. The predicted octanol–water partition coefficient (Wildman–Crippen LogP) is 3.57. The maximum absolute atomic E-state index is 9.74. The molecule has 0 spiro atoms. The van der Waals surface area contributed by atoms with Crippen LogP contribution in [0.1, 0.15) is 31.2 Å². The van der Waals surface area contributed by atoms with Gasteiger partial charge in [-0.15, -0.1) is 0 Å². The van der Waals surface area contributed by atoms with E-state index in [1.807, 2.05) is 0 Å². The van der Waals surface area contributed by atoms with Crippen molar-refractivity contribution in [3.8, 4) is 5.75 Å². The highest BCUT2D eigenvalue weighted by atomic mass is 16.5. The van der Waals surface area contributed by atoms with Gasteiger partial charge >= 0.3 is 0 Å². The van der Waals surface area contributed by atoms with Crippen molar-refractivity contribution in [1.29, 1.82) is 0 Å². The van der Waals surface area contributed by atoms with Crippen molar-refractivity contribution in [3.63, 3.8) is 0 Å². The molecule has 134 valence electrons. The number of benzene rings is 1. The molecular formula is C21H28N2O2. The molecule has 1 saturated carbocycles. The standard InChI is InChI=1S/C21H28N2O2/c1-2-11-25-19-5-6-21-20(12-19)17(15-23(21)13-16-3-4-16)14-22-9-7-18(24)8-10-22/h2,5-6,12,15-16,18,24H,1,3-4,7-11,13-14H2. The van der Waals surface area contributed by atoms with Gasteiger partial charge in [0, 0.05) is 43.3 Å². The van der Waals surface area contributed by atoms with E-state index in [2.05, 4.69) is 40.4 Å². The second-order valence-electron chi connectivity index (χ2n) is 7.54. The van der Waals surface area contributed by atoms with Gasteiger partial charge < -0.3 is 14.4 Å². The minimum atomic E-state index is -0.119. The molecule has 2 aromatic rings. The Morgan fingerprint density at radius 1 is 1.20 bits per heavy atom. The topological polar surface area (TPSA) is 37.6 Å². The molecule has 1 aliphatic carbocycles. The Hall–Kier alpha value is -1.78. The summed E-state index contributed by atoms with van der Waals surface area (Å²) in [5.74, 6) is 1.76. The highest BCUT2D eigenvalue weighted by Gasteiger charge is 2.24. The molecule has 2 heterocycles. The van der Waals surface area contributed by atoms with E-state index in [0.29, 0.717) is 6.61 Å². The van der Waals surface area contributed by atoms with Crippen LogP contribution >= 0.6 is 0 Å². The van der Waals surface area contributed by atoms with Crippen LogP contribution in [-0.4, -0.2) is 40.4 Å². The summed E-state index contributed by atoms with van der Waals surface area (Å²) >= 11 is 0. The van der Waals surface area contributed by atoms with E-state index in [0.717, 1.165) is 50.7 Å². The summed E-state index contributed by atoms with van der Waals surface area (Å²) in [7, 11) is 0. The zero-order valence-electron chi connectivity index (χ0n) is 14.9. The van der Waals surface area contributed by atoms with E-state index in [-0.39, 0.29) is 6.10 Å². The SMILES string of the molecule is C=CCOc1ccc2c(c1)c(CN1CCC(O)CC1)cn2CC1CC1. The number of piperidine rings is 1. The van der Waals surface area contributed by atoms with Crippen LogP contribution in [0.4, 0.5) is 0 Å². The number of hydrogen-bond acceptors (Lipinski definition) is 3. The second-order valence-corrected chi connectivity index (χ2v) is 7.54. The molecule has 1 saturated heterocycles. The zero-order valence-corrected chi connectivity index (χ0v) is 14.9. The number of likely N-dealkylation sites (tertiary alicyclic amines) is 1. The lowest BCUT2D eigenvalue weighted by Gasteiger charge is -2.29. The van der Waals surface area contributed by atoms with Crippen LogP contribution in [0.3, 0.4) is 0 Å². The average Bonchev–Trinajstić information content (AvgIpc) is 3.38. The van der Waals surface area contributed by atoms with Gasteiger partial charge in [-0.25, -0.2) is 0 Å². The number of rotatable bonds is 7. The number of nitrogens with zero attached hydrogens (tertiary/aromatic N) is 2. The normalized spacial score (nSPS) is 19.4. The third-order valence-electron chi connectivity index (χ3n) is 5.41. The predicted molar refractivity (Wildman–Crippen MR) is 101 cm³/mol. The van der Waals surface area contributed by atoms with Crippen molar-refractivity contribution in [2.75, 3.05) is 19.7 Å². The maximum atomic E-state index is 9.74. The second kappa shape index (κ2) is 7.22. The lowest BCUT2D eigenvalue weighted by molar-refractivity contribution is 0.0794. The first-order chi connectivity index (χ1) is 12.2. The van der Waals surface area contributed by atoms with E-state index in [1.54, 1.807) is 6.08 Å². The van der Waals surface area contributed by atoms with Crippen LogP contribution in [0, 0.1) is 5.92 Å². The van der Waals surface area contributed by atoms with Crippen molar-refractivity contribution in [2.24, 2.45) is 5.92 Å². The molecular weight excluding hydrogens is 312 g/mol. The number of hydrogen-bond donors (Lipinski definition) is 1. The van der Waals surface area contributed by atoms with Crippen LogP contribution in [0.2, 0.25) is 0 Å². The van der Waals surface area contributed by atoms with Crippen LogP contribution < -0.4 is 4.74 Å². The maximum Gasteiger partial charge on any atom is 0.120 e. The summed E-state index contributed by atoms with van der Waals surface area (Å²) in [6, 6.07) is 6.44. The summed E-state index contributed by atoms with van der Waals surface area (Å²) in [4.78, 5) is 2.46. The summed E-state index contributed by atoms with van der Waals surface area (Å²) in [5.41, 5.74) is 2.68. The molecule has 1 aliphatic heterocycles. The Labute approximate surface area is 149 Å². The van der Waals surface area contributed by atoms with Crippen molar-refractivity contribution >= 4 is 10.9 Å². The van der Waals surface area contributed by atoms with Crippen molar-refractivity contribution in [1.82, 2.24) is 9.47 Å². The zero-order chi connectivity index (χ0) is 17.2. The molecule has 0 amide bonds. The van der Waals surface area contributed by atoms with E-state index < -0.39 is 0 Å². The molecule has 4 rings (SSSR count). The molecule has 2 aliphatic rings. The third kappa shape index (κ3) is 3.91. The number of fused-ring (bicyclic) bond motifs is 1. The molecule has 4 heteroatoms. The quantitative estimate of drug-likeness (QED) is 0.783. The molecule has 0 unspecified atom stereocenters. The van der Waals surface area contributed by atoms with E-state index in [4.69, 9.17) is 4.74 Å². The number of ether oxygens (including phenoxy) is 1.